The van der Waals surface area contributed by atoms with Crippen LogP contribution in [0.1, 0.15) is 26.2 Å². The lowest BCUT2D eigenvalue weighted by molar-refractivity contribution is 0.109. The predicted octanol–water partition coefficient (Wildman–Crippen LogP) is 0.280. The van der Waals surface area contributed by atoms with Crippen LogP contribution >= 0.6 is 0 Å². The van der Waals surface area contributed by atoms with Crippen molar-refractivity contribution in [3.63, 3.8) is 0 Å². The maximum absolute atomic E-state index is 8.52. The van der Waals surface area contributed by atoms with Crippen LogP contribution in [0.3, 0.4) is 0 Å². The Balaban J connectivity index is 2.26. The van der Waals surface area contributed by atoms with Crippen LogP contribution in [0.15, 0.2) is 5.16 Å². The average molecular weight is 201 g/mol. The summed E-state index contributed by atoms with van der Waals surface area (Å²) in [6, 6.07) is -0.0517. The van der Waals surface area contributed by atoms with Crippen LogP contribution in [0.4, 0.5) is 0 Å². The van der Waals surface area contributed by atoms with Gasteiger partial charge in [-0.1, -0.05) is 12.1 Å². The van der Waals surface area contributed by atoms with Gasteiger partial charge in [-0.2, -0.15) is 0 Å². The molecule has 14 heavy (non-hydrogen) atoms. The summed E-state index contributed by atoms with van der Waals surface area (Å²) in [4.78, 5) is 0. The molecular weight excluding hydrogens is 182 g/mol. The fraction of sp³-hybridized carbons (Fsp3) is 0.889. The van der Waals surface area contributed by atoms with Gasteiger partial charge in [0.2, 0.25) is 0 Å². The van der Waals surface area contributed by atoms with E-state index in [-0.39, 0.29) is 18.0 Å². The monoisotopic (exact) mass is 201 g/mol. The van der Waals surface area contributed by atoms with Crippen molar-refractivity contribution in [3.8, 4) is 0 Å². The summed E-state index contributed by atoms with van der Waals surface area (Å²) >= 11 is 0. The van der Waals surface area contributed by atoms with E-state index in [4.69, 9.17) is 15.7 Å². The molecule has 0 saturated carbocycles. The largest absolute Gasteiger partial charge is 0.409 e. The van der Waals surface area contributed by atoms with E-state index in [1.165, 1.54) is 0 Å². The van der Waals surface area contributed by atoms with Gasteiger partial charge in [0.05, 0.1) is 12.1 Å². The predicted molar refractivity (Wildman–Crippen MR) is 54.5 cm³/mol. The Bertz CT molecular complexity index is 190. The second-order valence-electron chi connectivity index (χ2n) is 3.53. The van der Waals surface area contributed by atoms with E-state index in [0.29, 0.717) is 0 Å². The molecule has 0 aromatic carbocycles. The van der Waals surface area contributed by atoms with Crippen LogP contribution in [-0.4, -0.2) is 36.3 Å². The zero-order valence-corrected chi connectivity index (χ0v) is 8.57. The van der Waals surface area contributed by atoms with E-state index < -0.39 is 0 Å². The molecule has 82 valence electrons. The Hall–Kier alpha value is -0.810. The number of nitrogens with two attached hydrogens (primary N) is 1. The third-order valence-corrected chi connectivity index (χ3v) is 2.50. The van der Waals surface area contributed by atoms with Gasteiger partial charge in [-0.3, -0.25) is 0 Å². The highest BCUT2D eigenvalue weighted by atomic mass is 16.5. The van der Waals surface area contributed by atoms with Gasteiger partial charge in [0.15, 0.2) is 5.84 Å². The highest BCUT2D eigenvalue weighted by Crippen LogP contribution is 2.10. The highest BCUT2D eigenvalue weighted by Gasteiger charge is 2.18. The van der Waals surface area contributed by atoms with E-state index in [9.17, 15) is 0 Å². The van der Waals surface area contributed by atoms with E-state index in [0.717, 1.165) is 32.4 Å². The maximum atomic E-state index is 8.52. The van der Waals surface area contributed by atoms with Crippen LogP contribution < -0.4 is 11.1 Å². The third kappa shape index (κ3) is 3.16. The van der Waals surface area contributed by atoms with Crippen molar-refractivity contribution in [2.75, 3.05) is 13.2 Å². The molecule has 1 aliphatic heterocycles. The zero-order valence-electron chi connectivity index (χ0n) is 8.57. The fourth-order valence-electron chi connectivity index (χ4n) is 1.61. The van der Waals surface area contributed by atoms with Crippen LogP contribution in [0.2, 0.25) is 0 Å². The van der Waals surface area contributed by atoms with Crippen molar-refractivity contribution >= 4 is 5.84 Å². The van der Waals surface area contributed by atoms with Crippen LogP contribution in [0.5, 0.6) is 0 Å². The molecule has 1 rings (SSSR count). The Kier molecular flexibility index (Phi) is 4.69. The minimum atomic E-state index is -0.0517. The number of rotatable bonds is 5. The molecule has 0 radical (unpaired) electrons. The summed E-state index contributed by atoms with van der Waals surface area (Å²) in [6.07, 6.45) is 3.32. The average Bonchev–Trinajstić information content (AvgIpc) is 2.71. The first-order valence-corrected chi connectivity index (χ1v) is 5.10. The summed E-state index contributed by atoms with van der Waals surface area (Å²) in [5, 5.41) is 14.7. The van der Waals surface area contributed by atoms with Gasteiger partial charge in [0.1, 0.15) is 0 Å². The molecule has 0 aliphatic carbocycles. The lowest BCUT2D eigenvalue weighted by atomic mass is 10.2. The Morgan fingerprint density at radius 1 is 1.79 bits per heavy atom. The summed E-state index contributed by atoms with van der Waals surface area (Å²) in [5.41, 5.74) is 5.51. The fourth-order valence-corrected chi connectivity index (χ4v) is 1.61. The lowest BCUT2D eigenvalue weighted by Gasteiger charge is -2.17. The number of oxime groups is 1. The van der Waals surface area contributed by atoms with Gasteiger partial charge in [0, 0.05) is 13.2 Å². The first kappa shape index (κ1) is 11.3. The van der Waals surface area contributed by atoms with Gasteiger partial charge in [0.25, 0.3) is 0 Å². The topological polar surface area (TPSA) is 79.9 Å². The molecule has 0 amide bonds. The van der Waals surface area contributed by atoms with Gasteiger partial charge in [-0.15, -0.1) is 0 Å². The molecule has 5 heteroatoms. The number of hydrogen-bond donors (Lipinski definition) is 3. The SMILES string of the molecule is CCC(NCC1CCCO1)C(N)=NO. The summed E-state index contributed by atoms with van der Waals surface area (Å²) < 4.78 is 5.46. The second kappa shape index (κ2) is 5.82. The molecule has 5 nitrogen and oxygen atoms in total. The van der Waals surface area contributed by atoms with E-state index >= 15 is 0 Å². The highest BCUT2D eigenvalue weighted by molar-refractivity contribution is 5.85. The lowest BCUT2D eigenvalue weighted by Crippen LogP contribution is -2.44. The molecule has 2 unspecified atom stereocenters. The van der Waals surface area contributed by atoms with Crippen LogP contribution in [0.25, 0.3) is 0 Å². The summed E-state index contributed by atoms with van der Waals surface area (Å²) in [6.45, 7) is 3.62. The van der Waals surface area contributed by atoms with E-state index in [1.807, 2.05) is 6.92 Å². The van der Waals surface area contributed by atoms with Crippen molar-refractivity contribution in [3.05, 3.63) is 0 Å². The zero-order chi connectivity index (χ0) is 10.4. The normalized spacial score (nSPS) is 25.2. The van der Waals surface area contributed by atoms with Gasteiger partial charge < -0.3 is 21.0 Å². The Labute approximate surface area is 84.3 Å². The summed E-state index contributed by atoms with van der Waals surface area (Å²) in [5.74, 6) is 0.241. The van der Waals surface area contributed by atoms with E-state index in [1.54, 1.807) is 0 Å². The number of nitrogens with one attached hydrogen (secondary N) is 1. The van der Waals surface area contributed by atoms with Crippen LogP contribution in [-0.2, 0) is 4.74 Å². The Morgan fingerprint density at radius 3 is 3.07 bits per heavy atom. The van der Waals surface area contributed by atoms with Crippen molar-refractivity contribution in [2.45, 2.75) is 38.3 Å². The summed E-state index contributed by atoms with van der Waals surface area (Å²) in [7, 11) is 0. The maximum Gasteiger partial charge on any atom is 0.156 e. The van der Waals surface area contributed by atoms with Crippen molar-refractivity contribution < 1.29 is 9.94 Å². The Morgan fingerprint density at radius 2 is 2.57 bits per heavy atom. The molecule has 0 aromatic heterocycles. The second-order valence-corrected chi connectivity index (χ2v) is 3.53. The molecule has 1 aliphatic rings. The number of hydrogen-bond acceptors (Lipinski definition) is 4. The molecule has 0 aromatic rings. The molecule has 2 atom stereocenters. The number of amidine groups is 1. The molecular formula is C9H19N3O2. The minimum Gasteiger partial charge on any atom is -0.409 e. The van der Waals surface area contributed by atoms with Gasteiger partial charge >= 0.3 is 0 Å². The number of nitrogens with zero attached hydrogens (tertiary/aromatic N) is 1. The molecule has 0 bridgehead atoms. The molecule has 1 fully saturated rings. The smallest absolute Gasteiger partial charge is 0.156 e. The quantitative estimate of drug-likeness (QED) is 0.258. The minimum absolute atomic E-state index is 0.0517. The number of ether oxygens (including phenoxy) is 1. The van der Waals surface area contributed by atoms with Crippen LogP contribution in [0, 0.1) is 0 Å². The van der Waals surface area contributed by atoms with Gasteiger partial charge in [-0.05, 0) is 19.3 Å². The molecule has 1 saturated heterocycles. The molecule has 1 heterocycles. The van der Waals surface area contributed by atoms with Crippen molar-refractivity contribution in [2.24, 2.45) is 10.9 Å². The standard InChI is InChI=1S/C9H19N3O2/c1-2-8(9(10)12-13)11-6-7-4-3-5-14-7/h7-8,11,13H,2-6H2,1H3,(H2,10,12). The van der Waals surface area contributed by atoms with Crippen molar-refractivity contribution in [1.82, 2.24) is 5.32 Å². The van der Waals surface area contributed by atoms with E-state index in [2.05, 4.69) is 10.5 Å². The third-order valence-electron chi connectivity index (χ3n) is 2.50. The first-order valence-electron chi connectivity index (χ1n) is 5.10. The van der Waals surface area contributed by atoms with Gasteiger partial charge in [-0.25, -0.2) is 0 Å². The molecule has 4 N–H and O–H groups in total. The molecule has 0 spiro atoms. The van der Waals surface area contributed by atoms with Crippen molar-refractivity contribution in [1.29, 1.82) is 0 Å². The first-order chi connectivity index (χ1) is 6.77.